The molecule has 23 heavy (non-hydrogen) atoms. The van der Waals surface area contributed by atoms with Crippen LogP contribution in [0.2, 0.25) is 0 Å². The van der Waals surface area contributed by atoms with Crippen LogP contribution >= 0.6 is 0 Å². The van der Waals surface area contributed by atoms with Crippen LogP contribution in [0.25, 0.3) is 10.8 Å². The van der Waals surface area contributed by atoms with Gasteiger partial charge in [-0.05, 0) is 40.5 Å². The summed E-state index contributed by atoms with van der Waals surface area (Å²) in [5.41, 5.74) is 3.16. The van der Waals surface area contributed by atoms with Crippen molar-refractivity contribution >= 4 is 10.8 Å². The molecule has 0 aliphatic rings. The van der Waals surface area contributed by atoms with Crippen molar-refractivity contribution in [2.24, 2.45) is 0 Å². The normalized spacial score (nSPS) is 11.8. The summed E-state index contributed by atoms with van der Waals surface area (Å²) in [6.45, 7) is 6.34. The van der Waals surface area contributed by atoms with Crippen molar-refractivity contribution in [3.05, 3.63) is 71.3 Å². The van der Waals surface area contributed by atoms with Crippen LogP contribution in [-0.2, 0) is 11.8 Å². The van der Waals surface area contributed by atoms with Crippen molar-refractivity contribution in [2.45, 2.75) is 32.6 Å². The van der Waals surface area contributed by atoms with Crippen molar-refractivity contribution in [1.29, 1.82) is 0 Å². The fourth-order valence-corrected chi connectivity index (χ4v) is 2.99. The monoisotopic (exact) mass is 306 g/mol. The molecule has 0 radical (unpaired) electrons. The molecular formula is C21H22O2. The predicted octanol–water partition coefficient (Wildman–Crippen LogP) is 5.14. The summed E-state index contributed by atoms with van der Waals surface area (Å²) in [5.74, 6) is 0.655. The first-order valence-corrected chi connectivity index (χ1v) is 7.88. The van der Waals surface area contributed by atoms with Crippen molar-refractivity contribution in [3.63, 3.8) is 0 Å². The van der Waals surface area contributed by atoms with Crippen LogP contribution in [0.5, 0.6) is 11.5 Å². The molecule has 0 amide bonds. The highest BCUT2D eigenvalue weighted by Crippen LogP contribution is 2.39. The Bertz CT molecular complexity index is 840. The van der Waals surface area contributed by atoms with Crippen molar-refractivity contribution in [2.75, 3.05) is 0 Å². The molecule has 2 heteroatoms. The molecule has 118 valence electrons. The molecule has 0 aromatic heterocycles. The second-order valence-electron chi connectivity index (χ2n) is 7.07. The van der Waals surface area contributed by atoms with Crippen LogP contribution in [0, 0.1) is 0 Å². The second kappa shape index (κ2) is 5.62. The first kappa shape index (κ1) is 15.4. The van der Waals surface area contributed by atoms with E-state index in [1.807, 2.05) is 30.3 Å². The van der Waals surface area contributed by atoms with E-state index in [1.165, 1.54) is 5.56 Å². The Morgan fingerprint density at radius 2 is 1.43 bits per heavy atom. The Morgan fingerprint density at radius 1 is 0.826 bits per heavy atom. The largest absolute Gasteiger partial charge is 0.508 e. The molecule has 0 saturated heterocycles. The molecule has 0 unspecified atom stereocenters. The Kier molecular flexibility index (Phi) is 3.77. The van der Waals surface area contributed by atoms with Crippen LogP contribution in [0.15, 0.2) is 54.6 Å². The summed E-state index contributed by atoms with van der Waals surface area (Å²) in [7, 11) is 0. The lowest BCUT2D eigenvalue weighted by molar-refractivity contribution is 0.452. The molecule has 0 saturated carbocycles. The lowest BCUT2D eigenvalue weighted by Crippen LogP contribution is -2.12. The molecular weight excluding hydrogens is 284 g/mol. The first-order valence-electron chi connectivity index (χ1n) is 7.88. The van der Waals surface area contributed by atoms with Gasteiger partial charge in [0.05, 0.1) is 0 Å². The standard InChI is InChI=1S/C21H22O2/c1-21(2,3)19-13-15(12-14-8-10-16(22)11-9-14)17-6-4-5-7-18(17)20(19)23/h4-11,13,22-23H,12H2,1-3H3. The maximum Gasteiger partial charge on any atom is 0.127 e. The van der Waals surface area contributed by atoms with Gasteiger partial charge in [-0.25, -0.2) is 0 Å². The van der Waals surface area contributed by atoms with Gasteiger partial charge in [0.1, 0.15) is 11.5 Å². The fraction of sp³-hybridized carbons (Fsp3) is 0.238. The molecule has 0 spiro atoms. The number of hydrogen-bond donors (Lipinski definition) is 2. The van der Waals surface area contributed by atoms with Gasteiger partial charge in [0.15, 0.2) is 0 Å². The molecule has 0 aliphatic carbocycles. The molecule has 0 aliphatic heterocycles. The van der Waals surface area contributed by atoms with Gasteiger partial charge in [0.25, 0.3) is 0 Å². The highest BCUT2D eigenvalue weighted by molar-refractivity contribution is 5.92. The Morgan fingerprint density at radius 3 is 2.04 bits per heavy atom. The average Bonchev–Trinajstić information content (AvgIpc) is 2.51. The summed E-state index contributed by atoms with van der Waals surface area (Å²) >= 11 is 0. The lowest BCUT2D eigenvalue weighted by atomic mass is 9.82. The van der Waals surface area contributed by atoms with E-state index in [4.69, 9.17) is 0 Å². The average molecular weight is 306 g/mol. The number of phenolic OH excluding ortho intramolecular Hbond substituents is 2. The molecule has 0 bridgehead atoms. The van der Waals surface area contributed by atoms with E-state index in [1.54, 1.807) is 12.1 Å². The maximum absolute atomic E-state index is 10.7. The number of benzene rings is 3. The van der Waals surface area contributed by atoms with Crippen LogP contribution in [0.1, 0.15) is 37.5 Å². The van der Waals surface area contributed by atoms with E-state index >= 15 is 0 Å². The van der Waals surface area contributed by atoms with Crippen LogP contribution < -0.4 is 0 Å². The Labute approximate surface area is 137 Å². The van der Waals surface area contributed by atoms with Crippen molar-refractivity contribution in [3.8, 4) is 11.5 Å². The highest BCUT2D eigenvalue weighted by Gasteiger charge is 2.21. The van der Waals surface area contributed by atoms with E-state index in [9.17, 15) is 10.2 Å². The molecule has 0 heterocycles. The fourth-order valence-electron chi connectivity index (χ4n) is 2.99. The van der Waals surface area contributed by atoms with Gasteiger partial charge in [-0.15, -0.1) is 0 Å². The zero-order valence-corrected chi connectivity index (χ0v) is 13.8. The minimum atomic E-state index is -0.127. The number of fused-ring (bicyclic) bond motifs is 1. The summed E-state index contributed by atoms with van der Waals surface area (Å²) in [4.78, 5) is 0. The number of aromatic hydroxyl groups is 2. The quantitative estimate of drug-likeness (QED) is 0.688. The van der Waals surface area contributed by atoms with Gasteiger partial charge in [0, 0.05) is 10.9 Å². The zero-order valence-electron chi connectivity index (χ0n) is 13.8. The SMILES string of the molecule is CC(C)(C)c1cc(Cc2ccc(O)cc2)c2ccccc2c1O. The van der Waals surface area contributed by atoms with Gasteiger partial charge in [-0.2, -0.15) is 0 Å². The van der Waals surface area contributed by atoms with E-state index in [0.29, 0.717) is 5.75 Å². The summed E-state index contributed by atoms with van der Waals surface area (Å²) in [6, 6.07) is 17.4. The lowest BCUT2D eigenvalue weighted by Gasteiger charge is -2.23. The van der Waals surface area contributed by atoms with E-state index < -0.39 is 0 Å². The topological polar surface area (TPSA) is 40.5 Å². The number of phenols is 2. The highest BCUT2D eigenvalue weighted by atomic mass is 16.3. The summed E-state index contributed by atoms with van der Waals surface area (Å²) in [5, 5.41) is 22.1. The van der Waals surface area contributed by atoms with Crippen molar-refractivity contribution in [1.82, 2.24) is 0 Å². The third-order valence-electron chi connectivity index (χ3n) is 4.24. The minimum Gasteiger partial charge on any atom is -0.508 e. The predicted molar refractivity (Wildman–Crippen MR) is 95.2 cm³/mol. The van der Waals surface area contributed by atoms with Crippen LogP contribution in [-0.4, -0.2) is 10.2 Å². The molecule has 2 nitrogen and oxygen atoms in total. The maximum atomic E-state index is 10.7. The van der Waals surface area contributed by atoms with Gasteiger partial charge in [-0.1, -0.05) is 63.2 Å². The Balaban J connectivity index is 2.18. The van der Waals surface area contributed by atoms with E-state index in [2.05, 4.69) is 32.9 Å². The first-order chi connectivity index (χ1) is 10.9. The van der Waals surface area contributed by atoms with Gasteiger partial charge >= 0.3 is 0 Å². The van der Waals surface area contributed by atoms with Crippen LogP contribution in [0.4, 0.5) is 0 Å². The van der Waals surface area contributed by atoms with Gasteiger partial charge < -0.3 is 10.2 Å². The zero-order chi connectivity index (χ0) is 16.6. The second-order valence-corrected chi connectivity index (χ2v) is 7.07. The summed E-state index contributed by atoms with van der Waals surface area (Å²) < 4.78 is 0. The molecule has 0 atom stereocenters. The molecule has 2 N–H and O–H groups in total. The van der Waals surface area contributed by atoms with Crippen LogP contribution in [0.3, 0.4) is 0 Å². The smallest absolute Gasteiger partial charge is 0.127 e. The number of hydrogen-bond acceptors (Lipinski definition) is 2. The summed E-state index contributed by atoms with van der Waals surface area (Å²) in [6.07, 6.45) is 0.768. The third kappa shape index (κ3) is 3.02. The van der Waals surface area contributed by atoms with Crippen molar-refractivity contribution < 1.29 is 10.2 Å². The number of rotatable bonds is 2. The molecule has 3 rings (SSSR count). The van der Waals surface area contributed by atoms with E-state index in [0.717, 1.165) is 28.3 Å². The molecule has 3 aromatic rings. The molecule has 0 fully saturated rings. The van der Waals surface area contributed by atoms with Gasteiger partial charge in [-0.3, -0.25) is 0 Å². The third-order valence-corrected chi connectivity index (χ3v) is 4.24. The van der Waals surface area contributed by atoms with E-state index in [-0.39, 0.29) is 11.2 Å². The Hall–Kier alpha value is -2.48. The van der Waals surface area contributed by atoms with Gasteiger partial charge in [0.2, 0.25) is 0 Å². The minimum absolute atomic E-state index is 0.127. The molecule has 3 aromatic carbocycles.